The van der Waals surface area contributed by atoms with Crippen LogP contribution in [0.2, 0.25) is 0 Å². The lowest BCUT2D eigenvalue weighted by molar-refractivity contribution is 0.152. The lowest BCUT2D eigenvalue weighted by Crippen LogP contribution is -2.41. The fraction of sp³-hybridized carbons (Fsp3) is 0.643. The molecule has 1 aliphatic rings. The van der Waals surface area contributed by atoms with Gasteiger partial charge in [-0.2, -0.15) is 0 Å². The standard InChI is InChI=1S/C14H23N3/c1-12-4-2-3-9-17(12)11-14(10-15)13-5-7-16-8-6-13/h5-8,12,14H,2-4,9-11,15H2,1H3. The molecular weight excluding hydrogens is 210 g/mol. The van der Waals surface area contributed by atoms with E-state index in [9.17, 15) is 0 Å². The number of piperidine rings is 1. The molecule has 0 aliphatic carbocycles. The van der Waals surface area contributed by atoms with E-state index in [4.69, 9.17) is 5.73 Å². The second-order valence-corrected chi connectivity index (χ2v) is 5.05. The Balaban J connectivity index is 1.99. The minimum atomic E-state index is 0.443. The molecule has 0 aromatic carbocycles. The van der Waals surface area contributed by atoms with Gasteiger partial charge in [-0.3, -0.25) is 4.98 Å². The van der Waals surface area contributed by atoms with Crippen LogP contribution in [-0.4, -0.2) is 35.6 Å². The van der Waals surface area contributed by atoms with Gasteiger partial charge < -0.3 is 10.6 Å². The molecular formula is C14H23N3. The zero-order chi connectivity index (χ0) is 12.1. The van der Waals surface area contributed by atoms with Gasteiger partial charge >= 0.3 is 0 Å². The maximum absolute atomic E-state index is 5.92. The molecule has 3 heteroatoms. The summed E-state index contributed by atoms with van der Waals surface area (Å²) in [6, 6.07) is 4.89. The summed E-state index contributed by atoms with van der Waals surface area (Å²) >= 11 is 0. The topological polar surface area (TPSA) is 42.1 Å². The van der Waals surface area contributed by atoms with Crippen LogP contribution >= 0.6 is 0 Å². The van der Waals surface area contributed by atoms with Gasteiger partial charge in [0.25, 0.3) is 0 Å². The number of hydrogen-bond acceptors (Lipinski definition) is 3. The highest BCUT2D eigenvalue weighted by Crippen LogP contribution is 2.21. The minimum absolute atomic E-state index is 0.443. The molecule has 0 saturated carbocycles. The molecule has 1 saturated heterocycles. The van der Waals surface area contributed by atoms with E-state index in [1.165, 1.54) is 31.4 Å². The molecule has 1 fully saturated rings. The predicted octanol–water partition coefficient (Wildman–Crippen LogP) is 2.00. The van der Waals surface area contributed by atoms with Crippen molar-refractivity contribution in [3.8, 4) is 0 Å². The molecule has 94 valence electrons. The van der Waals surface area contributed by atoms with E-state index < -0.39 is 0 Å². The summed E-state index contributed by atoms with van der Waals surface area (Å²) in [7, 11) is 0. The fourth-order valence-corrected chi connectivity index (χ4v) is 2.66. The van der Waals surface area contributed by atoms with Gasteiger partial charge in [-0.15, -0.1) is 0 Å². The summed E-state index contributed by atoms with van der Waals surface area (Å²) in [5.41, 5.74) is 7.24. The van der Waals surface area contributed by atoms with E-state index in [0.29, 0.717) is 18.5 Å². The van der Waals surface area contributed by atoms with E-state index >= 15 is 0 Å². The third kappa shape index (κ3) is 3.27. The summed E-state index contributed by atoms with van der Waals surface area (Å²) in [5, 5.41) is 0. The first-order valence-electron chi connectivity index (χ1n) is 6.65. The molecule has 2 unspecified atom stereocenters. The first-order valence-corrected chi connectivity index (χ1v) is 6.65. The van der Waals surface area contributed by atoms with Crippen LogP contribution in [0.4, 0.5) is 0 Å². The SMILES string of the molecule is CC1CCCCN1CC(CN)c1ccncc1. The zero-order valence-electron chi connectivity index (χ0n) is 10.7. The number of rotatable bonds is 4. The van der Waals surface area contributed by atoms with E-state index in [2.05, 4.69) is 28.9 Å². The van der Waals surface area contributed by atoms with Crippen molar-refractivity contribution in [2.75, 3.05) is 19.6 Å². The van der Waals surface area contributed by atoms with Crippen molar-refractivity contribution >= 4 is 0 Å². The highest BCUT2D eigenvalue weighted by molar-refractivity contribution is 5.16. The van der Waals surface area contributed by atoms with Crippen LogP contribution in [0, 0.1) is 0 Å². The van der Waals surface area contributed by atoms with Gasteiger partial charge in [0.05, 0.1) is 0 Å². The summed E-state index contributed by atoms with van der Waals surface area (Å²) in [5.74, 6) is 0.443. The normalized spacial score (nSPS) is 23.5. The fourth-order valence-electron chi connectivity index (χ4n) is 2.66. The first kappa shape index (κ1) is 12.5. The minimum Gasteiger partial charge on any atom is -0.330 e. The lowest BCUT2D eigenvalue weighted by Gasteiger charge is -2.35. The van der Waals surface area contributed by atoms with Crippen molar-refractivity contribution < 1.29 is 0 Å². The Morgan fingerprint density at radius 3 is 2.82 bits per heavy atom. The van der Waals surface area contributed by atoms with Crippen molar-refractivity contribution in [1.82, 2.24) is 9.88 Å². The Morgan fingerprint density at radius 1 is 1.41 bits per heavy atom. The van der Waals surface area contributed by atoms with Crippen LogP contribution in [0.5, 0.6) is 0 Å². The summed E-state index contributed by atoms with van der Waals surface area (Å²) in [6.45, 7) is 5.36. The molecule has 0 spiro atoms. The molecule has 1 aromatic rings. The number of hydrogen-bond donors (Lipinski definition) is 1. The van der Waals surface area contributed by atoms with Crippen molar-refractivity contribution in [3.63, 3.8) is 0 Å². The predicted molar refractivity (Wildman–Crippen MR) is 70.9 cm³/mol. The Bertz CT molecular complexity index is 325. The van der Waals surface area contributed by atoms with Crippen molar-refractivity contribution in [2.24, 2.45) is 5.73 Å². The third-order valence-electron chi connectivity index (χ3n) is 3.86. The second-order valence-electron chi connectivity index (χ2n) is 5.05. The van der Waals surface area contributed by atoms with Crippen LogP contribution < -0.4 is 5.73 Å². The van der Waals surface area contributed by atoms with Gasteiger partial charge in [0, 0.05) is 37.4 Å². The number of pyridine rings is 1. The molecule has 17 heavy (non-hydrogen) atoms. The van der Waals surface area contributed by atoms with Crippen molar-refractivity contribution in [3.05, 3.63) is 30.1 Å². The quantitative estimate of drug-likeness (QED) is 0.865. The number of likely N-dealkylation sites (tertiary alicyclic amines) is 1. The maximum atomic E-state index is 5.92. The van der Waals surface area contributed by atoms with E-state index in [1.807, 2.05) is 12.4 Å². The van der Waals surface area contributed by atoms with Gasteiger partial charge in [0.15, 0.2) is 0 Å². The first-order chi connectivity index (χ1) is 8.31. The third-order valence-corrected chi connectivity index (χ3v) is 3.86. The van der Waals surface area contributed by atoms with Crippen LogP contribution in [0.3, 0.4) is 0 Å². The van der Waals surface area contributed by atoms with Gasteiger partial charge in [0.1, 0.15) is 0 Å². The Kier molecular flexibility index (Phi) is 4.51. The average molecular weight is 233 g/mol. The van der Waals surface area contributed by atoms with Gasteiger partial charge in [-0.25, -0.2) is 0 Å². The maximum Gasteiger partial charge on any atom is 0.0270 e. The molecule has 1 aliphatic heterocycles. The van der Waals surface area contributed by atoms with Gasteiger partial charge in [-0.1, -0.05) is 6.42 Å². The number of nitrogens with two attached hydrogens (primary N) is 1. The Hall–Kier alpha value is -0.930. The van der Waals surface area contributed by atoms with Gasteiger partial charge in [-0.05, 0) is 44.0 Å². The molecule has 1 aromatic heterocycles. The molecule has 3 nitrogen and oxygen atoms in total. The molecule has 2 rings (SSSR count). The van der Waals surface area contributed by atoms with Crippen LogP contribution in [0.1, 0.15) is 37.7 Å². The van der Waals surface area contributed by atoms with Crippen molar-refractivity contribution in [1.29, 1.82) is 0 Å². The van der Waals surface area contributed by atoms with E-state index in [1.54, 1.807) is 0 Å². The van der Waals surface area contributed by atoms with Crippen LogP contribution in [0.15, 0.2) is 24.5 Å². The van der Waals surface area contributed by atoms with Crippen LogP contribution in [-0.2, 0) is 0 Å². The summed E-state index contributed by atoms with van der Waals surface area (Å²) < 4.78 is 0. The summed E-state index contributed by atoms with van der Waals surface area (Å²) in [6.07, 6.45) is 7.75. The highest BCUT2D eigenvalue weighted by Gasteiger charge is 2.21. The smallest absolute Gasteiger partial charge is 0.0270 e. The Labute approximate surface area is 104 Å². The molecule has 0 bridgehead atoms. The zero-order valence-corrected chi connectivity index (χ0v) is 10.7. The summed E-state index contributed by atoms with van der Waals surface area (Å²) in [4.78, 5) is 6.65. The van der Waals surface area contributed by atoms with Gasteiger partial charge in [0.2, 0.25) is 0 Å². The average Bonchev–Trinajstić information content (AvgIpc) is 2.39. The second kappa shape index (κ2) is 6.12. The molecule has 0 amide bonds. The van der Waals surface area contributed by atoms with Crippen LogP contribution in [0.25, 0.3) is 0 Å². The molecule has 2 atom stereocenters. The van der Waals surface area contributed by atoms with E-state index in [0.717, 1.165) is 6.54 Å². The number of aromatic nitrogens is 1. The largest absolute Gasteiger partial charge is 0.330 e. The van der Waals surface area contributed by atoms with E-state index in [-0.39, 0.29) is 0 Å². The molecule has 2 N–H and O–H groups in total. The molecule has 0 radical (unpaired) electrons. The molecule has 2 heterocycles. The lowest BCUT2D eigenvalue weighted by atomic mass is 9.96. The highest BCUT2D eigenvalue weighted by atomic mass is 15.2. The Morgan fingerprint density at radius 2 is 2.18 bits per heavy atom. The van der Waals surface area contributed by atoms with Crippen molar-refractivity contribution in [2.45, 2.75) is 38.1 Å². The number of nitrogens with zero attached hydrogens (tertiary/aromatic N) is 2. The monoisotopic (exact) mass is 233 g/mol.